The fourth-order valence-electron chi connectivity index (χ4n) is 5.49. The number of benzene rings is 5. The molecular weight excluding hydrogens is 589 g/mol. The van der Waals surface area contributed by atoms with Crippen molar-refractivity contribution in [3.05, 3.63) is 172 Å². The summed E-state index contributed by atoms with van der Waals surface area (Å²) in [6.07, 6.45) is 16.8. The lowest BCUT2D eigenvalue weighted by Crippen LogP contribution is -1.90. The van der Waals surface area contributed by atoms with Gasteiger partial charge in [-0.1, -0.05) is 97.6 Å². The number of pyridine rings is 2. The molecule has 0 unspecified atom stereocenters. The average molecular weight is 625 g/mol. The lowest BCUT2D eigenvalue weighted by Gasteiger charge is -2.16. The van der Waals surface area contributed by atoms with Gasteiger partial charge in [0, 0.05) is 54.5 Å². The lowest BCUT2D eigenvalue weighted by molar-refractivity contribution is 1.17. The van der Waals surface area contributed by atoms with E-state index in [4.69, 9.17) is 5.73 Å². The van der Waals surface area contributed by atoms with Crippen molar-refractivity contribution in [2.24, 2.45) is 10.7 Å². The van der Waals surface area contributed by atoms with Crippen molar-refractivity contribution in [1.82, 2.24) is 19.9 Å². The zero-order valence-corrected chi connectivity index (χ0v) is 26.8. The first-order valence-corrected chi connectivity index (χ1v) is 15.4. The molecule has 2 N–H and O–H groups in total. The van der Waals surface area contributed by atoms with Crippen LogP contribution in [-0.2, 0) is 0 Å². The Kier molecular flexibility index (Phi) is 11.4. The van der Waals surface area contributed by atoms with Gasteiger partial charge in [0.2, 0.25) is 0 Å². The molecule has 8 rings (SSSR count). The third-order valence-corrected chi connectivity index (χ3v) is 7.48. The summed E-state index contributed by atoms with van der Waals surface area (Å²) in [5.41, 5.74) is 11.7. The molecule has 234 valence electrons. The number of allylic oxidation sites excluding steroid dienone is 1. The van der Waals surface area contributed by atoms with E-state index in [1.165, 1.54) is 61.5 Å². The van der Waals surface area contributed by atoms with Gasteiger partial charge in [-0.2, -0.15) is 0 Å². The van der Waals surface area contributed by atoms with E-state index >= 15 is 0 Å². The van der Waals surface area contributed by atoms with Crippen LogP contribution in [0.2, 0.25) is 0 Å². The van der Waals surface area contributed by atoms with Crippen molar-refractivity contribution in [3.63, 3.8) is 0 Å². The minimum atomic E-state index is 1.02. The van der Waals surface area contributed by atoms with Gasteiger partial charge in [0.05, 0.1) is 6.34 Å². The van der Waals surface area contributed by atoms with E-state index in [1.807, 2.05) is 56.0 Å². The van der Waals surface area contributed by atoms with Crippen LogP contribution < -0.4 is 5.73 Å². The number of aliphatic imine (C=N–C) groups is 1. The average Bonchev–Trinajstić information content (AvgIpc) is 3.16. The molecule has 0 saturated heterocycles. The monoisotopic (exact) mass is 624 g/mol. The number of nitrogens with zero attached hydrogens (tertiary/aromatic N) is 5. The van der Waals surface area contributed by atoms with Gasteiger partial charge in [0.1, 0.15) is 6.33 Å². The highest BCUT2D eigenvalue weighted by Crippen LogP contribution is 2.42. The van der Waals surface area contributed by atoms with E-state index in [9.17, 15) is 0 Å². The lowest BCUT2D eigenvalue weighted by atomic mass is 9.87. The van der Waals surface area contributed by atoms with Gasteiger partial charge in [-0.05, 0) is 79.7 Å². The van der Waals surface area contributed by atoms with Crippen LogP contribution in [0.3, 0.4) is 0 Å². The second-order valence-electron chi connectivity index (χ2n) is 10.5. The molecule has 8 aromatic rings. The Morgan fingerprint density at radius 3 is 1.52 bits per heavy atom. The van der Waals surface area contributed by atoms with Crippen LogP contribution in [0.1, 0.15) is 6.92 Å². The van der Waals surface area contributed by atoms with Gasteiger partial charge < -0.3 is 5.73 Å². The Balaban J connectivity index is 0.000000272. The summed E-state index contributed by atoms with van der Waals surface area (Å²) in [7, 11) is 0. The van der Waals surface area contributed by atoms with Crippen LogP contribution in [0.25, 0.3) is 65.7 Å². The Hall–Kier alpha value is -6.53. The van der Waals surface area contributed by atoms with Crippen molar-refractivity contribution >= 4 is 38.7 Å². The molecule has 0 radical (unpaired) electrons. The molecule has 0 aliphatic heterocycles. The fourth-order valence-corrected chi connectivity index (χ4v) is 5.49. The standard InChI is InChI=1S/C31H19N3.C5H5N.C3H6N2.C3H6/c1-2-24(16-32-15-1)27-12-8-23-9-13-28-26(11-7-22-10-14-29(27)31(23)30(22)28)21-5-3-20(4-6-21)25-17-33-19-34-18-25;1-2-4-6-5-3-1;1-2-5-3-4;1-3-2/h1-19H;1-5H;2-3H,1H2,(H2,4,5);3H,1H2,2H3. The van der Waals surface area contributed by atoms with Crippen molar-refractivity contribution < 1.29 is 0 Å². The molecular formula is C42H36N6. The maximum atomic E-state index is 4.78. The molecule has 0 spiro atoms. The van der Waals surface area contributed by atoms with Crippen molar-refractivity contribution in [3.8, 4) is 33.4 Å². The predicted molar refractivity (Wildman–Crippen MR) is 203 cm³/mol. The smallest absolute Gasteiger partial charge is 0.115 e. The van der Waals surface area contributed by atoms with Gasteiger partial charge in [-0.3, -0.25) is 9.97 Å². The molecule has 0 aliphatic carbocycles. The maximum Gasteiger partial charge on any atom is 0.115 e. The zero-order chi connectivity index (χ0) is 33.6. The highest BCUT2D eigenvalue weighted by Gasteiger charge is 2.15. The van der Waals surface area contributed by atoms with Crippen molar-refractivity contribution in [2.45, 2.75) is 6.92 Å². The molecule has 48 heavy (non-hydrogen) atoms. The summed E-state index contributed by atoms with van der Waals surface area (Å²) in [4.78, 5) is 19.8. The quantitative estimate of drug-likeness (QED) is 0.0911. The van der Waals surface area contributed by atoms with E-state index in [0.717, 1.165) is 16.7 Å². The van der Waals surface area contributed by atoms with Gasteiger partial charge in [0.15, 0.2) is 0 Å². The number of aromatic nitrogens is 4. The Labute approximate surface area is 281 Å². The van der Waals surface area contributed by atoms with E-state index in [2.05, 4.69) is 117 Å². The molecule has 0 bridgehead atoms. The third-order valence-electron chi connectivity index (χ3n) is 7.48. The normalized spacial score (nSPS) is 10.4. The van der Waals surface area contributed by atoms with Crippen LogP contribution in [0, 0.1) is 0 Å². The summed E-state index contributed by atoms with van der Waals surface area (Å²) >= 11 is 0. The first-order chi connectivity index (χ1) is 23.7. The summed E-state index contributed by atoms with van der Waals surface area (Å²) in [6.45, 7) is 8.52. The van der Waals surface area contributed by atoms with Gasteiger partial charge in [-0.15, -0.1) is 6.58 Å². The van der Waals surface area contributed by atoms with Gasteiger partial charge >= 0.3 is 0 Å². The molecule has 0 saturated carbocycles. The zero-order valence-electron chi connectivity index (χ0n) is 26.8. The molecule has 0 atom stereocenters. The third kappa shape index (κ3) is 7.63. The molecule has 3 aromatic heterocycles. The topological polar surface area (TPSA) is 89.9 Å². The minimum Gasteiger partial charge on any atom is -0.390 e. The molecule has 5 aromatic carbocycles. The first-order valence-electron chi connectivity index (χ1n) is 15.4. The van der Waals surface area contributed by atoms with E-state index in [1.54, 1.807) is 24.8 Å². The van der Waals surface area contributed by atoms with Crippen LogP contribution in [0.15, 0.2) is 177 Å². The maximum absolute atomic E-state index is 4.78. The summed E-state index contributed by atoms with van der Waals surface area (Å²) in [5, 5.41) is 7.69. The number of hydrogen-bond acceptors (Lipinski definition) is 5. The molecule has 6 heteroatoms. The Bertz CT molecular complexity index is 2190. The predicted octanol–water partition coefficient (Wildman–Crippen LogP) is 10.2. The second-order valence-corrected chi connectivity index (χ2v) is 10.5. The second kappa shape index (κ2) is 16.7. The highest BCUT2D eigenvalue weighted by molar-refractivity contribution is 6.27. The largest absolute Gasteiger partial charge is 0.390 e. The van der Waals surface area contributed by atoms with Crippen molar-refractivity contribution in [2.75, 3.05) is 0 Å². The van der Waals surface area contributed by atoms with Crippen LogP contribution in [0.5, 0.6) is 0 Å². The fraction of sp³-hybridized carbons (Fsp3) is 0.0238. The van der Waals surface area contributed by atoms with E-state index < -0.39 is 0 Å². The van der Waals surface area contributed by atoms with E-state index in [-0.39, 0.29) is 0 Å². The number of nitrogens with two attached hydrogens (primary N) is 1. The van der Waals surface area contributed by atoms with Gasteiger partial charge in [0.25, 0.3) is 0 Å². The SMILES string of the molecule is C=CC.C=CN=CN.c1ccncc1.c1cncc(-c2ccc3ccc4c(-c5ccc(-c6cncnc6)cc5)ccc5ccc2c3c54)c1. The van der Waals surface area contributed by atoms with E-state index in [0.29, 0.717) is 0 Å². The van der Waals surface area contributed by atoms with Gasteiger partial charge in [-0.25, -0.2) is 15.0 Å². The van der Waals surface area contributed by atoms with Crippen molar-refractivity contribution in [1.29, 1.82) is 0 Å². The summed E-state index contributed by atoms with van der Waals surface area (Å²) < 4.78 is 0. The highest BCUT2D eigenvalue weighted by atomic mass is 14.8. The molecule has 3 heterocycles. The number of rotatable bonds is 4. The molecule has 0 amide bonds. The molecule has 6 nitrogen and oxygen atoms in total. The van der Waals surface area contributed by atoms with Crippen LogP contribution >= 0.6 is 0 Å². The minimum absolute atomic E-state index is 1.02. The summed E-state index contributed by atoms with van der Waals surface area (Å²) in [6, 6.07) is 36.4. The summed E-state index contributed by atoms with van der Waals surface area (Å²) in [5.74, 6) is 0. The number of hydrogen-bond donors (Lipinski definition) is 1. The molecule has 0 fully saturated rings. The Morgan fingerprint density at radius 1 is 0.542 bits per heavy atom. The molecule has 0 aliphatic rings. The first kappa shape index (κ1) is 32.9. The van der Waals surface area contributed by atoms with Crippen LogP contribution in [0.4, 0.5) is 0 Å². The Morgan fingerprint density at radius 2 is 1.06 bits per heavy atom. The van der Waals surface area contributed by atoms with Crippen LogP contribution in [-0.4, -0.2) is 26.3 Å².